The molecule has 0 bridgehead atoms. The number of rotatable bonds is 3. The highest BCUT2D eigenvalue weighted by Crippen LogP contribution is 2.22. The number of carbonyl (C=O) groups is 1. The maximum absolute atomic E-state index is 12.1. The molecule has 0 spiro atoms. The Morgan fingerprint density at radius 3 is 3.00 bits per heavy atom. The molecule has 1 aromatic rings. The first-order valence-corrected chi connectivity index (χ1v) is 6.17. The highest BCUT2D eigenvalue weighted by atomic mass is 16.5. The summed E-state index contributed by atoms with van der Waals surface area (Å²) >= 11 is 0. The maximum atomic E-state index is 12.1. The van der Waals surface area contributed by atoms with Gasteiger partial charge in [-0.3, -0.25) is 9.78 Å². The number of hydrogen-bond donors (Lipinski definition) is 2. The maximum Gasteiger partial charge on any atom is 0.255 e. The molecular weight excluding hydrogens is 230 g/mol. The number of nitrogens with two attached hydrogens (primary N) is 1. The van der Waals surface area contributed by atoms with E-state index in [4.69, 9.17) is 10.5 Å². The van der Waals surface area contributed by atoms with Crippen LogP contribution in [0.4, 0.5) is 5.69 Å². The van der Waals surface area contributed by atoms with Crippen LogP contribution in [0.2, 0.25) is 0 Å². The average molecular weight is 249 g/mol. The minimum Gasteiger partial charge on any atom is -0.398 e. The van der Waals surface area contributed by atoms with Gasteiger partial charge in [-0.05, 0) is 32.3 Å². The lowest BCUT2D eigenvalue weighted by molar-refractivity contribution is 0.0722. The number of nitrogens with one attached hydrogen (secondary N) is 1. The second-order valence-electron chi connectivity index (χ2n) is 4.70. The number of amides is 1. The molecule has 2 rings (SSSR count). The van der Waals surface area contributed by atoms with Gasteiger partial charge in [-0.2, -0.15) is 0 Å². The summed E-state index contributed by atoms with van der Waals surface area (Å²) in [6, 6.07) is 1.78. The fraction of sp³-hybridized carbons (Fsp3) is 0.538. The average Bonchev–Trinajstić information content (AvgIpc) is 2.76. The monoisotopic (exact) mass is 249 g/mol. The van der Waals surface area contributed by atoms with Crippen molar-refractivity contribution in [3.63, 3.8) is 0 Å². The molecule has 0 aromatic carbocycles. The van der Waals surface area contributed by atoms with E-state index in [0.29, 0.717) is 11.3 Å². The summed E-state index contributed by atoms with van der Waals surface area (Å²) in [5.41, 5.74) is 7.53. The predicted molar refractivity (Wildman–Crippen MR) is 69.3 cm³/mol. The Hall–Kier alpha value is -1.62. The minimum atomic E-state index is -0.172. The molecule has 1 saturated carbocycles. The second-order valence-corrected chi connectivity index (χ2v) is 4.70. The number of anilines is 1. The number of nitrogen functional groups attached to an aromatic ring is 1. The Morgan fingerprint density at radius 1 is 1.56 bits per heavy atom. The second kappa shape index (κ2) is 5.35. The van der Waals surface area contributed by atoms with E-state index in [1.807, 2.05) is 6.92 Å². The molecule has 2 unspecified atom stereocenters. The normalized spacial score (nSPS) is 23.0. The smallest absolute Gasteiger partial charge is 0.255 e. The van der Waals surface area contributed by atoms with E-state index in [0.717, 1.165) is 25.0 Å². The van der Waals surface area contributed by atoms with E-state index in [1.54, 1.807) is 13.2 Å². The van der Waals surface area contributed by atoms with Crippen LogP contribution in [0.1, 0.15) is 35.3 Å². The number of hydrogen-bond acceptors (Lipinski definition) is 4. The van der Waals surface area contributed by atoms with Gasteiger partial charge in [-0.1, -0.05) is 0 Å². The van der Waals surface area contributed by atoms with Gasteiger partial charge >= 0.3 is 0 Å². The molecule has 1 fully saturated rings. The third kappa shape index (κ3) is 2.61. The number of aryl methyl sites for hydroxylation is 1. The van der Waals surface area contributed by atoms with Crippen molar-refractivity contribution in [3.8, 4) is 0 Å². The summed E-state index contributed by atoms with van der Waals surface area (Å²) in [6.45, 7) is 1.84. The van der Waals surface area contributed by atoms with Crippen LogP contribution >= 0.6 is 0 Å². The number of nitrogens with zero attached hydrogens (tertiary/aromatic N) is 1. The molecule has 0 saturated heterocycles. The van der Waals surface area contributed by atoms with Crippen LogP contribution in [0.3, 0.4) is 0 Å². The zero-order valence-corrected chi connectivity index (χ0v) is 10.8. The fourth-order valence-corrected chi connectivity index (χ4v) is 2.39. The van der Waals surface area contributed by atoms with E-state index in [2.05, 4.69) is 10.3 Å². The zero-order valence-electron chi connectivity index (χ0n) is 10.8. The van der Waals surface area contributed by atoms with E-state index in [9.17, 15) is 4.79 Å². The third-order valence-corrected chi connectivity index (χ3v) is 3.39. The van der Waals surface area contributed by atoms with Crippen LogP contribution in [0.15, 0.2) is 12.3 Å². The number of carbonyl (C=O) groups excluding carboxylic acids is 1. The van der Waals surface area contributed by atoms with Crippen molar-refractivity contribution < 1.29 is 9.53 Å². The first-order chi connectivity index (χ1) is 8.61. The first kappa shape index (κ1) is 12.8. The van der Waals surface area contributed by atoms with Crippen LogP contribution in [-0.2, 0) is 4.74 Å². The standard InChI is InChI=1S/C13H19N3O2/c1-8-6-10(14)9(7-15-8)13(17)16-11-4-3-5-12(11)18-2/h6-7,11-12H,3-5H2,1-2H3,(H2,14,15)(H,16,17). The Bertz CT molecular complexity index is 448. The summed E-state index contributed by atoms with van der Waals surface area (Å²) in [4.78, 5) is 16.2. The molecule has 0 aliphatic heterocycles. The van der Waals surface area contributed by atoms with Crippen molar-refractivity contribution in [3.05, 3.63) is 23.5 Å². The molecule has 1 aliphatic rings. The quantitative estimate of drug-likeness (QED) is 0.845. The molecule has 3 N–H and O–H groups in total. The largest absolute Gasteiger partial charge is 0.398 e. The van der Waals surface area contributed by atoms with Crippen molar-refractivity contribution in [1.29, 1.82) is 0 Å². The highest BCUT2D eigenvalue weighted by Gasteiger charge is 2.29. The summed E-state index contributed by atoms with van der Waals surface area (Å²) in [6.07, 6.45) is 4.64. The molecule has 5 nitrogen and oxygen atoms in total. The Balaban J connectivity index is 2.07. The molecule has 1 amide bonds. The number of pyridine rings is 1. The molecule has 1 aliphatic carbocycles. The third-order valence-electron chi connectivity index (χ3n) is 3.39. The van der Waals surface area contributed by atoms with Crippen molar-refractivity contribution in [1.82, 2.24) is 10.3 Å². The summed E-state index contributed by atoms with van der Waals surface area (Å²) in [5, 5.41) is 2.97. The fourth-order valence-electron chi connectivity index (χ4n) is 2.39. The van der Waals surface area contributed by atoms with Gasteiger partial charge < -0.3 is 15.8 Å². The van der Waals surface area contributed by atoms with Crippen LogP contribution in [0, 0.1) is 6.92 Å². The Kier molecular flexibility index (Phi) is 3.81. The summed E-state index contributed by atoms with van der Waals surface area (Å²) in [5.74, 6) is -0.172. The molecule has 1 heterocycles. The SMILES string of the molecule is COC1CCCC1NC(=O)c1cnc(C)cc1N. The van der Waals surface area contributed by atoms with Gasteiger partial charge in [0, 0.05) is 24.7 Å². The van der Waals surface area contributed by atoms with E-state index < -0.39 is 0 Å². The molecule has 0 radical (unpaired) electrons. The number of methoxy groups -OCH3 is 1. The van der Waals surface area contributed by atoms with Gasteiger partial charge in [0.2, 0.25) is 0 Å². The molecule has 1 aromatic heterocycles. The van der Waals surface area contributed by atoms with Crippen LogP contribution < -0.4 is 11.1 Å². The lowest BCUT2D eigenvalue weighted by atomic mass is 10.1. The lowest BCUT2D eigenvalue weighted by Crippen LogP contribution is -2.41. The number of ether oxygens (including phenoxy) is 1. The van der Waals surface area contributed by atoms with Crippen molar-refractivity contribution in [2.75, 3.05) is 12.8 Å². The van der Waals surface area contributed by atoms with Gasteiger partial charge in [0.1, 0.15) is 0 Å². The predicted octanol–water partition coefficient (Wildman–Crippen LogP) is 1.27. The van der Waals surface area contributed by atoms with Crippen LogP contribution in [-0.4, -0.2) is 30.1 Å². The van der Waals surface area contributed by atoms with Crippen molar-refractivity contribution in [2.45, 2.75) is 38.3 Å². The van der Waals surface area contributed by atoms with Gasteiger partial charge in [-0.25, -0.2) is 0 Å². The topological polar surface area (TPSA) is 77.2 Å². The van der Waals surface area contributed by atoms with E-state index in [1.165, 1.54) is 6.20 Å². The van der Waals surface area contributed by atoms with Gasteiger partial charge in [-0.15, -0.1) is 0 Å². The zero-order chi connectivity index (χ0) is 13.1. The van der Waals surface area contributed by atoms with E-state index >= 15 is 0 Å². The Morgan fingerprint density at radius 2 is 2.33 bits per heavy atom. The van der Waals surface area contributed by atoms with E-state index in [-0.39, 0.29) is 18.1 Å². The van der Waals surface area contributed by atoms with Crippen molar-refractivity contribution in [2.24, 2.45) is 0 Å². The molecule has 2 atom stereocenters. The number of aromatic nitrogens is 1. The first-order valence-electron chi connectivity index (χ1n) is 6.17. The van der Waals surface area contributed by atoms with Crippen LogP contribution in [0.25, 0.3) is 0 Å². The van der Waals surface area contributed by atoms with Gasteiger partial charge in [0.05, 0.1) is 17.7 Å². The molecule has 98 valence electrons. The summed E-state index contributed by atoms with van der Waals surface area (Å²) < 4.78 is 5.35. The Labute approximate surface area is 107 Å². The molecular formula is C13H19N3O2. The van der Waals surface area contributed by atoms with Crippen LogP contribution in [0.5, 0.6) is 0 Å². The molecule has 18 heavy (non-hydrogen) atoms. The minimum absolute atomic E-state index is 0.0724. The van der Waals surface area contributed by atoms with Crippen molar-refractivity contribution >= 4 is 11.6 Å². The van der Waals surface area contributed by atoms with Gasteiger partial charge in [0.25, 0.3) is 5.91 Å². The molecule has 5 heteroatoms. The lowest BCUT2D eigenvalue weighted by Gasteiger charge is -2.20. The highest BCUT2D eigenvalue weighted by molar-refractivity contribution is 5.99. The van der Waals surface area contributed by atoms with Gasteiger partial charge in [0.15, 0.2) is 0 Å². The summed E-state index contributed by atoms with van der Waals surface area (Å²) in [7, 11) is 1.68.